The van der Waals surface area contributed by atoms with Gasteiger partial charge in [-0.15, -0.1) is 0 Å². The van der Waals surface area contributed by atoms with Gasteiger partial charge in [0.25, 0.3) is 0 Å². The molecule has 0 aliphatic carbocycles. The van der Waals surface area contributed by atoms with E-state index >= 15 is 0 Å². The first-order valence-corrected chi connectivity index (χ1v) is 5.25. The molecule has 1 unspecified atom stereocenters. The normalized spacial score (nSPS) is 13.3. The minimum atomic E-state index is 0.611. The van der Waals surface area contributed by atoms with Crippen molar-refractivity contribution < 1.29 is 0 Å². The van der Waals surface area contributed by atoms with E-state index in [4.69, 9.17) is 0 Å². The van der Waals surface area contributed by atoms with Crippen LogP contribution >= 0.6 is 0 Å². The molecule has 2 nitrogen and oxygen atoms in total. The van der Waals surface area contributed by atoms with Crippen LogP contribution in [0.15, 0.2) is 30.6 Å². The first-order chi connectivity index (χ1) is 6.83. The Kier molecular flexibility index (Phi) is 2.53. The molecule has 2 aromatic heterocycles. The lowest BCUT2D eigenvalue weighted by Gasteiger charge is -2.07. The van der Waals surface area contributed by atoms with Gasteiger partial charge in [-0.25, -0.2) is 4.52 Å². The van der Waals surface area contributed by atoms with Crippen LogP contribution in [0.3, 0.4) is 0 Å². The lowest BCUT2D eigenvalue weighted by Crippen LogP contribution is -1.92. The Morgan fingerprint density at radius 3 is 3.07 bits per heavy atom. The van der Waals surface area contributed by atoms with Crippen LogP contribution in [-0.2, 0) is 0 Å². The van der Waals surface area contributed by atoms with E-state index in [1.165, 1.54) is 23.9 Å². The zero-order valence-electron chi connectivity index (χ0n) is 8.77. The van der Waals surface area contributed by atoms with Crippen LogP contribution in [0.1, 0.15) is 38.2 Å². The summed E-state index contributed by atoms with van der Waals surface area (Å²) < 4.78 is 1.95. The molecule has 0 radical (unpaired) electrons. The number of hydrogen-bond donors (Lipinski definition) is 0. The second-order valence-corrected chi connectivity index (χ2v) is 3.82. The molecule has 0 N–H and O–H groups in total. The lowest BCUT2D eigenvalue weighted by atomic mass is 9.98. The maximum absolute atomic E-state index is 4.34. The van der Waals surface area contributed by atoms with E-state index in [1.54, 1.807) is 0 Å². The largest absolute Gasteiger partial charge is 0.241 e. The van der Waals surface area contributed by atoms with E-state index in [0.29, 0.717) is 5.92 Å². The Hall–Kier alpha value is -1.31. The fourth-order valence-electron chi connectivity index (χ4n) is 1.92. The summed E-state index contributed by atoms with van der Waals surface area (Å²) in [5, 5.41) is 4.34. The monoisotopic (exact) mass is 188 g/mol. The van der Waals surface area contributed by atoms with Crippen LogP contribution in [0.5, 0.6) is 0 Å². The molecule has 2 heteroatoms. The molecule has 2 rings (SSSR count). The van der Waals surface area contributed by atoms with Crippen LogP contribution in [0.25, 0.3) is 5.52 Å². The Morgan fingerprint density at radius 1 is 1.43 bits per heavy atom. The summed E-state index contributed by atoms with van der Waals surface area (Å²) in [7, 11) is 0. The van der Waals surface area contributed by atoms with Crippen molar-refractivity contribution in [3.8, 4) is 0 Å². The van der Waals surface area contributed by atoms with Crippen LogP contribution in [-0.4, -0.2) is 9.61 Å². The standard InChI is InChI=1S/C12H16N2/c1-3-6-10(2)11-9-13-14-8-5-4-7-12(11)14/h4-5,7-10H,3,6H2,1-2H3. The highest BCUT2D eigenvalue weighted by Gasteiger charge is 2.09. The van der Waals surface area contributed by atoms with Crippen molar-refractivity contribution in [3.05, 3.63) is 36.2 Å². The van der Waals surface area contributed by atoms with Gasteiger partial charge in [-0.1, -0.05) is 26.3 Å². The van der Waals surface area contributed by atoms with E-state index in [0.717, 1.165) is 0 Å². The summed E-state index contributed by atoms with van der Waals surface area (Å²) in [6, 6.07) is 6.21. The molecule has 0 aliphatic heterocycles. The number of aromatic nitrogens is 2. The van der Waals surface area contributed by atoms with Crippen molar-refractivity contribution in [1.82, 2.24) is 9.61 Å². The number of pyridine rings is 1. The quantitative estimate of drug-likeness (QED) is 0.722. The third kappa shape index (κ3) is 1.52. The van der Waals surface area contributed by atoms with Crippen molar-refractivity contribution in [2.24, 2.45) is 0 Å². The highest BCUT2D eigenvalue weighted by atomic mass is 15.2. The van der Waals surface area contributed by atoms with Gasteiger partial charge in [0.1, 0.15) is 0 Å². The van der Waals surface area contributed by atoms with Gasteiger partial charge in [0.05, 0.1) is 11.7 Å². The van der Waals surface area contributed by atoms with E-state index in [9.17, 15) is 0 Å². The summed E-state index contributed by atoms with van der Waals surface area (Å²) in [6.45, 7) is 4.50. The topological polar surface area (TPSA) is 17.3 Å². The zero-order chi connectivity index (χ0) is 9.97. The second-order valence-electron chi connectivity index (χ2n) is 3.82. The maximum Gasteiger partial charge on any atom is 0.0696 e. The van der Waals surface area contributed by atoms with Gasteiger partial charge in [-0.05, 0) is 24.5 Å². The number of hydrogen-bond acceptors (Lipinski definition) is 1. The summed E-state index contributed by atoms with van der Waals surface area (Å²) in [5.74, 6) is 0.611. The zero-order valence-corrected chi connectivity index (χ0v) is 8.77. The molecule has 0 amide bonds. The van der Waals surface area contributed by atoms with Crippen LogP contribution in [0.4, 0.5) is 0 Å². The summed E-state index contributed by atoms with van der Waals surface area (Å²) in [6.07, 6.45) is 6.45. The minimum Gasteiger partial charge on any atom is -0.241 e. The summed E-state index contributed by atoms with van der Waals surface area (Å²) in [5.41, 5.74) is 2.61. The predicted octanol–water partition coefficient (Wildman–Crippen LogP) is 3.24. The molecule has 2 aromatic rings. The van der Waals surface area contributed by atoms with Gasteiger partial charge in [0.15, 0.2) is 0 Å². The molecule has 0 aromatic carbocycles. The molecule has 0 aliphatic rings. The number of fused-ring (bicyclic) bond motifs is 1. The average molecular weight is 188 g/mol. The van der Waals surface area contributed by atoms with E-state index in [-0.39, 0.29) is 0 Å². The first kappa shape index (κ1) is 9.25. The van der Waals surface area contributed by atoms with Crippen molar-refractivity contribution in [2.75, 3.05) is 0 Å². The molecule has 1 atom stereocenters. The SMILES string of the molecule is CCCC(C)c1cnn2ccccc12. The fourth-order valence-corrected chi connectivity index (χ4v) is 1.92. The third-order valence-corrected chi connectivity index (χ3v) is 2.71. The van der Waals surface area contributed by atoms with Crippen LogP contribution in [0.2, 0.25) is 0 Å². The number of nitrogens with zero attached hydrogens (tertiary/aromatic N) is 2. The molecule has 0 spiro atoms. The van der Waals surface area contributed by atoms with Gasteiger partial charge in [0.2, 0.25) is 0 Å². The Balaban J connectivity index is 2.42. The first-order valence-electron chi connectivity index (χ1n) is 5.25. The average Bonchev–Trinajstić information content (AvgIpc) is 2.61. The van der Waals surface area contributed by atoms with Gasteiger partial charge >= 0.3 is 0 Å². The Morgan fingerprint density at radius 2 is 2.29 bits per heavy atom. The van der Waals surface area contributed by atoms with Gasteiger partial charge in [-0.3, -0.25) is 0 Å². The van der Waals surface area contributed by atoms with Crippen molar-refractivity contribution in [2.45, 2.75) is 32.6 Å². The highest BCUT2D eigenvalue weighted by molar-refractivity contribution is 5.54. The maximum atomic E-state index is 4.34. The smallest absolute Gasteiger partial charge is 0.0696 e. The molecule has 0 fully saturated rings. The second kappa shape index (κ2) is 3.82. The molecular weight excluding hydrogens is 172 g/mol. The molecule has 74 valence electrons. The molecular formula is C12H16N2. The summed E-state index contributed by atoms with van der Waals surface area (Å²) in [4.78, 5) is 0. The van der Waals surface area contributed by atoms with E-state index in [2.05, 4.69) is 31.1 Å². The minimum absolute atomic E-state index is 0.611. The van der Waals surface area contributed by atoms with E-state index in [1.807, 2.05) is 23.0 Å². The van der Waals surface area contributed by atoms with Crippen molar-refractivity contribution >= 4 is 5.52 Å². The highest BCUT2D eigenvalue weighted by Crippen LogP contribution is 2.24. The van der Waals surface area contributed by atoms with Gasteiger partial charge < -0.3 is 0 Å². The van der Waals surface area contributed by atoms with Gasteiger partial charge in [-0.2, -0.15) is 5.10 Å². The fraction of sp³-hybridized carbons (Fsp3) is 0.417. The molecule has 0 bridgehead atoms. The molecule has 0 saturated carbocycles. The van der Waals surface area contributed by atoms with E-state index < -0.39 is 0 Å². The van der Waals surface area contributed by atoms with Crippen molar-refractivity contribution in [3.63, 3.8) is 0 Å². The lowest BCUT2D eigenvalue weighted by molar-refractivity contribution is 0.669. The Labute approximate surface area is 84.6 Å². The molecule has 14 heavy (non-hydrogen) atoms. The number of rotatable bonds is 3. The van der Waals surface area contributed by atoms with Crippen LogP contribution < -0.4 is 0 Å². The Bertz CT molecular complexity index is 417. The predicted molar refractivity (Wildman–Crippen MR) is 58.5 cm³/mol. The molecule has 0 saturated heterocycles. The van der Waals surface area contributed by atoms with Crippen molar-refractivity contribution in [1.29, 1.82) is 0 Å². The van der Waals surface area contributed by atoms with Gasteiger partial charge in [0, 0.05) is 11.8 Å². The van der Waals surface area contributed by atoms with Crippen LogP contribution in [0, 0.1) is 0 Å². The molecule has 2 heterocycles. The third-order valence-electron chi connectivity index (χ3n) is 2.71. The summed E-state index contributed by atoms with van der Waals surface area (Å²) >= 11 is 0.